The molecule has 1 aliphatic heterocycles. The summed E-state index contributed by atoms with van der Waals surface area (Å²) in [4.78, 5) is 11.9. The van der Waals surface area contributed by atoms with Gasteiger partial charge in [-0.3, -0.25) is 4.79 Å². The lowest BCUT2D eigenvalue weighted by Gasteiger charge is -2.12. The highest BCUT2D eigenvalue weighted by molar-refractivity contribution is 5.95. The third-order valence-electron chi connectivity index (χ3n) is 3.17. The first-order valence-corrected chi connectivity index (χ1v) is 6.73. The van der Waals surface area contributed by atoms with Crippen molar-refractivity contribution in [2.75, 3.05) is 32.2 Å². The van der Waals surface area contributed by atoms with Crippen LogP contribution in [-0.4, -0.2) is 50.0 Å². The monoisotopic (exact) mass is 298 g/mol. The van der Waals surface area contributed by atoms with Crippen molar-refractivity contribution < 1.29 is 23.8 Å². The van der Waals surface area contributed by atoms with Gasteiger partial charge in [0.25, 0.3) is 0 Å². The quantitative estimate of drug-likeness (QED) is 0.667. The van der Waals surface area contributed by atoms with Crippen LogP contribution in [-0.2, 0) is 9.53 Å². The normalized spacial score (nSPS) is 21.3. The highest BCUT2D eigenvalue weighted by Crippen LogP contribution is 2.21. The summed E-state index contributed by atoms with van der Waals surface area (Å²) in [6.07, 6.45) is -0.166. The van der Waals surface area contributed by atoms with Crippen LogP contribution in [0.2, 0.25) is 0 Å². The molecule has 0 aliphatic carbocycles. The SMILES string of the molecule is COCCOc1ccc(NC(=O)C2CC(O)CN2)cc1F. The smallest absolute Gasteiger partial charge is 0.241 e. The molecule has 0 radical (unpaired) electrons. The van der Waals surface area contributed by atoms with Crippen LogP contribution in [0.1, 0.15) is 6.42 Å². The molecule has 0 aromatic heterocycles. The van der Waals surface area contributed by atoms with Crippen LogP contribution in [0, 0.1) is 5.82 Å². The van der Waals surface area contributed by atoms with E-state index in [2.05, 4.69) is 10.6 Å². The van der Waals surface area contributed by atoms with Crippen LogP contribution in [0.15, 0.2) is 18.2 Å². The summed E-state index contributed by atoms with van der Waals surface area (Å²) < 4.78 is 23.8. The Morgan fingerprint density at radius 2 is 2.33 bits per heavy atom. The van der Waals surface area contributed by atoms with Gasteiger partial charge in [-0.25, -0.2) is 4.39 Å². The zero-order valence-corrected chi connectivity index (χ0v) is 11.8. The number of aliphatic hydroxyl groups excluding tert-OH is 1. The van der Waals surface area contributed by atoms with Gasteiger partial charge in [-0.05, 0) is 18.6 Å². The number of carbonyl (C=O) groups excluding carboxylic acids is 1. The van der Waals surface area contributed by atoms with E-state index >= 15 is 0 Å². The first kappa shape index (κ1) is 15.7. The molecule has 1 aromatic rings. The van der Waals surface area contributed by atoms with Crippen molar-refractivity contribution in [2.24, 2.45) is 0 Å². The molecule has 1 heterocycles. The van der Waals surface area contributed by atoms with Crippen LogP contribution in [0.3, 0.4) is 0 Å². The molecule has 0 bridgehead atoms. The van der Waals surface area contributed by atoms with E-state index in [4.69, 9.17) is 9.47 Å². The van der Waals surface area contributed by atoms with Crippen LogP contribution in [0.4, 0.5) is 10.1 Å². The minimum Gasteiger partial charge on any atom is -0.488 e. The van der Waals surface area contributed by atoms with E-state index in [0.29, 0.717) is 25.3 Å². The molecule has 1 saturated heterocycles. The van der Waals surface area contributed by atoms with E-state index in [-0.39, 0.29) is 18.3 Å². The van der Waals surface area contributed by atoms with Crippen LogP contribution in [0.5, 0.6) is 5.75 Å². The van der Waals surface area contributed by atoms with Gasteiger partial charge in [0.05, 0.1) is 18.8 Å². The number of ether oxygens (including phenoxy) is 2. The summed E-state index contributed by atoms with van der Waals surface area (Å²) in [5, 5.41) is 14.9. The first-order valence-electron chi connectivity index (χ1n) is 6.73. The number of aliphatic hydroxyl groups is 1. The lowest BCUT2D eigenvalue weighted by Crippen LogP contribution is -2.35. The Kier molecular flexibility index (Phi) is 5.49. The molecule has 1 amide bonds. The lowest BCUT2D eigenvalue weighted by atomic mass is 10.2. The molecule has 6 nitrogen and oxygen atoms in total. The summed E-state index contributed by atoms with van der Waals surface area (Å²) in [6.45, 7) is 1.01. The van der Waals surface area contributed by atoms with Crippen molar-refractivity contribution in [3.05, 3.63) is 24.0 Å². The maximum absolute atomic E-state index is 13.8. The molecule has 0 saturated carbocycles. The molecule has 1 aromatic carbocycles. The van der Waals surface area contributed by atoms with E-state index in [9.17, 15) is 14.3 Å². The predicted octanol–water partition coefficient (Wildman–Crippen LogP) is 0.512. The fourth-order valence-corrected chi connectivity index (χ4v) is 2.08. The maximum Gasteiger partial charge on any atom is 0.241 e. The molecule has 7 heteroatoms. The Labute approximate surface area is 122 Å². The number of halogens is 1. The van der Waals surface area contributed by atoms with Gasteiger partial charge in [0, 0.05) is 25.4 Å². The number of β-amino-alcohol motifs (C(OH)–C–C–N with tert-alkyl or cyclic N) is 1. The van der Waals surface area contributed by atoms with Crippen LogP contribution in [0.25, 0.3) is 0 Å². The number of rotatable bonds is 6. The van der Waals surface area contributed by atoms with E-state index in [1.807, 2.05) is 0 Å². The number of benzene rings is 1. The van der Waals surface area contributed by atoms with Crippen molar-refractivity contribution in [3.8, 4) is 5.75 Å². The van der Waals surface area contributed by atoms with Crippen LogP contribution < -0.4 is 15.4 Å². The Hall–Kier alpha value is -1.70. The second-order valence-electron chi connectivity index (χ2n) is 4.83. The zero-order chi connectivity index (χ0) is 15.2. The second-order valence-corrected chi connectivity index (χ2v) is 4.83. The van der Waals surface area contributed by atoms with E-state index in [1.54, 1.807) is 6.07 Å². The summed E-state index contributed by atoms with van der Waals surface area (Å²) >= 11 is 0. The average Bonchev–Trinajstić information content (AvgIpc) is 2.88. The molecule has 21 heavy (non-hydrogen) atoms. The largest absolute Gasteiger partial charge is 0.488 e. The number of nitrogens with one attached hydrogen (secondary N) is 2. The topological polar surface area (TPSA) is 79.8 Å². The fourth-order valence-electron chi connectivity index (χ4n) is 2.08. The number of methoxy groups -OCH3 is 1. The number of hydrogen-bond donors (Lipinski definition) is 3. The molecule has 1 aliphatic rings. The highest BCUT2D eigenvalue weighted by Gasteiger charge is 2.28. The van der Waals surface area contributed by atoms with Gasteiger partial charge >= 0.3 is 0 Å². The van der Waals surface area contributed by atoms with Crippen molar-refractivity contribution in [3.63, 3.8) is 0 Å². The zero-order valence-electron chi connectivity index (χ0n) is 11.8. The Morgan fingerprint density at radius 3 is 2.95 bits per heavy atom. The summed E-state index contributed by atoms with van der Waals surface area (Å²) in [5.41, 5.74) is 0.347. The fraction of sp³-hybridized carbons (Fsp3) is 0.500. The van der Waals surface area contributed by atoms with Gasteiger partial charge in [-0.1, -0.05) is 0 Å². The van der Waals surface area contributed by atoms with E-state index in [0.717, 1.165) is 0 Å². The molecular weight excluding hydrogens is 279 g/mol. The number of carbonyl (C=O) groups is 1. The van der Waals surface area contributed by atoms with Gasteiger partial charge in [-0.15, -0.1) is 0 Å². The molecule has 2 atom stereocenters. The van der Waals surface area contributed by atoms with Crippen molar-refractivity contribution in [2.45, 2.75) is 18.6 Å². The maximum atomic E-state index is 13.8. The highest BCUT2D eigenvalue weighted by atomic mass is 19.1. The number of anilines is 1. The van der Waals surface area contributed by atoms with Crippen molar-refractivity contribution in [1.29, 1.82) is 0 Å². The number of amides is 1. The van der Waals surface area contributed by atoms with E-state index in [1.165, 1.54) is 19.2 Å². The molecule has 116 valence electrons. The lowest BCUT2D eigenvalue weighted by molar-refractivity contribution is -0.117. The van der Waals surface area contributed by atoms with Crippen LogP contribution >= 0.6 is 0 Å². The van der Waals surface area contributed by atoms with Gasteiger partial charge in [-0.2, -0.15) is 0 Å². The number of hydrogen-bond acceptors (Lipinski definition) is 5. The molecule has 2 unspecified atom stereocenters. The molecular formula is C14H19FN2O4. The van der Waals surface area contributed by atoms with Crippen molar-refractivity contribution >= 4 is 11.6 Å². The molecule has 1 fully saturated rings. The molecule has 3 N–H and O–H groups in total. The second kappa shape index (κ2) is 7.35. The summed E-state index contributed by atoms with van der Waals surface area (Å²) in [6, 6.07) is 3.76. The minimum absolute atomic E-state index is 0.111. The third kappa shape index (κ3) is 4.38. The third-order valence-corrected chi connectivity index (χ3v) is 3.17. The Morgan fingerprint density at radius 1 is 1.52 bits per heavy atom. The minimum atomic E-state index is -0.552. The molecule has 2 rings (SSSR count). The summed E-state index contributed by atoms with van der Waals surface area (Å²) in [5.74, 6) is -0.734. The van der Waals surface area contributed by atoms with Gasteiger partial charge in [0.2, 0.25) is 5.91 Å². The average molecular weight is 298 g/mol. The van der Waals surface area contributed by atoms with Gasteiger partial charge in [0.1, 0.15) is 6.61 Å². The Bertz CT molecular complexity index is 498. The van der Waals surface area contributed by atoms with E-state index < -0.39 is 18.0 Å². The Balaban J connectivity index is 1.92. The van der Waals surface area contributed by atoms with Crippen molar-refractivity contribution in [1.82, 2.24) is 5.32 Å². The summed E-state index contributed by atoms with van der Waals surface area (Å²) in [7, 11) is 1.53. The van der Waals surface area contributed by atoms with Gasteiger partial charge < -0.3 is 25.2 Å². The van der Waals surface area contributed by atoms with Gasteiger partial charge in [0.15, 0.2) is 11.6 Å². The first-order chi connectivity index (χ1) is 10.1. The standard InChI is InChI=1S/C14H19FN2O4/c1-20-4-5-21-13-3-2-9(6-11(13)15)17-14(19)12-7-10(18)8-16-12/h2-3,6,10,12,16,18H,4-5,7-8H2,1H3,(H,17,19). The molecule has 0 spiro atoms. The predicted molar refractivity (Wildman–Crippen MR) is 74.8 cm³/mol.